The molecule has 3 heterocycles. The van der Waals surface area contributed by atoms with E-state index in [2.05, 4.69) is 15.5 Å². The number of benzene rings is 1. The molecule has 2 atom stereocenters. The summed E-state index contributed by atoms with van der Waals surface area (Å²) in [4.78, 5) is 17.8. The van der Waals surface area contributed by atoms with E-state index >= 15 is 0 Å². The Morgan fingerprint density at radius 2 is 1.94 bits per heavy atom. The largest absolute Gasteiger partial charge is 0.493 e. The summed E-state index contributed by atoms with van der Waals surface area (Å²) in [6.07, 6.45) is 4.65. The molecule has 0 saturated carbocycles. The van der Waals surface area contributed by atoms with E-state index in [9.17, 15) is 4.79 Å². The van der Waals surface area contributed by atoms with E-state index in [-0.39, 0.29) is 17.6 Å². The average molecular weight is 417 g/mol. The Labute approximate surface area is 180 Å². The molecular weight excluding hydrogens is 394 g/mol. The Morgan fingerprint density at radius 1 is 1.10 bits per heavy atom. The normalized spacial score (nSPS) is 20.0. The molecule has 2 aliphatic rings. The molecule has 31 heavy (non-hydrogen) atoms. The molecule has 1 aliphatic heterocycles. The van der Waals surface area contributed by atoms with Gasteiger partial charge in [-0.25, -0.2) is 0 Å². The zero-order valence-corrected chi connectivity index (χ0v) is 17.6. The minimum absolute atomic E-state index is 0.0265. The number of rotatable bonds is 4. The lowest BCUT2D eigenvalue weighted by Crippen LogP contribution is -2.29. The maximum Gasteiger partial charge on any atom is 0.233 e. The lowest BCUT2D eigenvalue weighted by Gasteiger charge is -2.34. The van der Waals surface area contributed by atoms with Gasteiger partial charge < -0.3 is 19.3 Å². The molecule has 0 fully saturated rings. The third-order valence-corrected chi connectivity index (χ3v) is 6.15. The third-order valence-electron chi connectivity index (χ3n) is 6.15. The number of carbonyl (C=O) groups excluding carboxylic acids is 1. The summed E-state index contributed by atoms with van der Waals surface area (Å²) in [7, 11) is 3.23. The van der Waals surface area contributed by atoms with Crippen LogP contribution in [0.1, 0.15) is 47.1 Å². The van der Waals surface area contributed by atoms with Crippen molar-refractivity contribution in [3.05, 3.63) is 76.4 Å². The summed E-state index contributed by atoms with van der Waals surface area (Å²) in [5, 5.41) is 7.50. The second-order valence-corrected chi connectivity index (χ2v) is 7.89. The van der Waals surface area contributed by atoms with Crippen LogP contribution in [0.3, 0.4) is 0 Å². The van der Waals surface area contributed by atoms with E-state index in [1.807, 2.05) is 43.5 Å². The van der Waals surface area contributed by atoms with Gasteiger partial charge in [-0.15, -0.1) is 0 Å². The number of pyridine rings is 1. The van der Waals surface area contributed by atoms with Gasteiger partial charge in [0.15, 0.2) is 17.3 Å². The van der Waals surface area contributed by atoms with Crippen LogP contribution >= 0.6 is 0 Å². The maximum absolute atomic E-state index is 13.5. The van der Waals surface area contributed by atoms with Crippen LogP contribution in [0.25, 0.3) is 0 Å². The van der Waals surface area contributed by atoms with Gasteiger partial charge in [0.05, 0.1) is 25.5 Å². The number of anilines is 1. The molecule has 2 aromatic heterocycles. The number of aromatic nitrogens is 2. The molecule has 7 nitrogen and oxygen atoms in total. The van der Waals surface area contributed by atoms with Crippen molar-refractivity contribution in [1.82, 2.24) is 10.1 Å². The predicted octanol–water partition coefficient (Wildman–Crippen LogP) is 4.35. The van der Waals surface area contributed by atoms with E-state index in [1.165, 1.54) is 0 Å². The number of Topliss-reactive ketones (excluding diaryl/α,β-unsaturated/α-hetero) is 1. The van der Waals surface area contributed by atoms with Crippen LogP contribution in [0.4, 0.5) is 5.88 Å². The van der Waals surface area contributed by atoms with Crippen LogP contribution in [0, 0.1) is 6.92 Å². The number of methoxy groups -OCH3 is 2. The van der Waals surface area contributed by atoms with E-state index in [1.54, 1.807) is 20.4 Å². The minimum Gasteiger partial charge on any atom is -0.493 e. The van der Waals surface area contributed by atoms with Crippen LogP contribution in [-0.4, -0.2) is 30.1 Å². The second kappa shape index (κ2) is 7.58. The molecule has 0 bridgehead atoms. The Kier molecular flexibility index (Phi) is 4.73. The van der Waals surface area contributed by atoms with E-state index in [0.29, 0.717) is 30.2 Å². The molecule has 0 unspecified atom stereocenters. The Bertz CT molecular complexity index is 1180. The van der Waals surface area contributed by atoms with Crippen LogP contribution < -0.4 is 14.8 Å². The molecule has 3 aromatic rings. The summed E-state index contributed by atoms with van der Waals surface area (Å²) in [5.41, 5.74) is 5.35. The van der Waals surface area contributed by atoms with Gasteiger partial charge >= 0.3 is 0 Å². The second-order valence-electron chi connectivity index (χ2n) is 7.89. The molecule has 158 valence electrons. The first-order valence-corrected chi connectivity index (χ1v) is 10.2. The first kappa shape index (κ1) is 19.4. The standard InChI is InChI=1S/C24H23N3O4/c1-13-21-22(15-5-4-8-25-12-15)23-17(26-24(21)31-27-13)9-16(10-18(23)28)14-6-7-19(29-2)20(11-14)30-3/h4-8,11-12,16,22,26H,9-10H2,1-3H3/t16-,22+/m0/s1. The maximum atomic E-state index is 13.5. The van der Waals surface area contributed by atoms with Crippen LogP contribution in [0.2, 0.25) is 0 Å². The predicted molar refractivity (Wildman–Crippen MR) is 114 cm³/mol. The van der Waals surface area contributed by atoms with E-state index in [0.717, 1.165) is 33.7 Å². The number of nitrogens with zero attached hydrogens (tertiary/aromatic N) is 2. The third kappa shape index (κ3) is 3.17. The van der Waals surface area contributed by atoms with Crippen molar-refractivity contribution in [1.29, 1.82) is 0 Å². The van der Waals surface area contributed by atoms with E-state index in [4.69, 9.17) is 14.0 Å². The van der Waals surface area contributed by atoms with Gasteiger partial charge in [0.1, 0.15) is 0 Å². The number of hydrogen-bond acceptors (Lipinski definition) is 7. The van der Waals surface area contributed by atoms with Gasteiger partial charge in [-0.05, 0) is 48.6 Å². The molecule has 0 spiro atoms. The van der Waals surface area contributed by atoms with Crippen molar-refractivity contribution >= 4 is 11.7 Å². The number of ether oxygens (including phenoxy) is 2. The van der Waals surface area contributed by atoms with Gasteiger partial charge in [0.2, 0.25) is 5.88 Å². The average Bonchev–Trinajstić information content (AvgIpc) is 3.17. The molecule has 7 heteroatoms. The summed E-state index contributed by atoms with van der Waals surface area (Å²) in [6, 6.07) is 9.72. The van der Waals surface area contributed by atoms with Crippen molar-refractivity contribution in [3.63, 3.8) is 0 Å². The van der Waals surface area contributed by atoms with Crippen LogP contribution in [-0.2, 0) is 4.79 Å². The molecule has 5 rings (SSSR count). The summed E-state index contributed by atoms with van der Waals surface area (Å²) in [6.45, 7) is 1.90. The van der Waals surface area contributed by atoms with E-state index < -0.39 is 0 Å². The molecule has 0 saturated heterocycles. The van der Waals surface area contributed by atoms with Gasteiger partial charge in [0.25, 0.3) is 0 Å². The molecular formula is C24H23N3O4. The van der Waals surface area contributed by atoms with Crippen LogP contribution in [0.15, 0.2) is 58.5 Å². The first-order valence-electron chi connectivity index (χ1n) is 10.2. The smallest absolute Gasteiger partial charge is 0.233 e. The fourth-order valence-corrected chi connectivity index (χ4v) is 4.69. The molecule has 1 aromatic carbocycles. The SMILES string of the molecule is COc1ccc([C@@H]2CC(=O)C3=C(C2)Nc2onc(C)c2[C@H]3c2cccnc2)cc1OC. The summed E-state index contributed by atoms with van der Waals surface area (Å²) < 4.78 is 16.4. The summed E-state index contributed by atoms with van der Waals surface area (Å²) in [5.74, 6) is 1.84. The number of hydrogen-bond donors (Lipinski definition) is 1. The van der Waals surface area contributed by atoms with Crippen molar-refractivity contribution in [2.45, 2.75) is 31.6 Å². The number of ketones is 1. The van der Waals surface area contributed by atoms with Crippen molar-refractivity contribution < 1.29 is 18.8 Å². The fraction of sp³-hybridized carbons (Fsp3) is 0.292. The fourth-order valence-electron chi connectivity index (χ4n) is 4.69. The highest BCUT2D eigenvalue weighted by Gasteiger charge is 2.41. The van der Waals surface area contributed by atoms with Gasteiger partial charge in [-0.3, -0.25) is 9.78 Å². The van der Waals surface area contributed by atoms with Crippen molar-refractivity contribution in [3.8, 4) is 11.5 Å². The Hall–Kier alpha value is -3.61. The zero-order valence-electron chi connectivity index (χ0n) is 17.6. The number of allylic oxidation sites excluding steroid dienone is 2. The Balaban J connectivity index is 1.57. The topological polar surface area (TPSA) is 86.5 Å². The van der Waals surface area contributed by atoms with Gasteiger partial charge in [-0.1, -0.05) is 17.3 Å². The highest BCUT2D eigenvalue weighted by molar-refractivity contribution is 6.01. The van der Waals surface area contributed by atoms with Crippen LogP contribution in [0.5, 0.6) is 11.5 Å². The number of aryl methyl sites for hydroxylation is 1. The highest BCUT2D eigenvalue weighted by atomic mass is 16.5. The number of carbonyl (C=O) groups is 1. The molecule has 0 amide bonds. The highest BCUT2D eigenvalue weighted by Crippen LogP contribution is 2.49. The molecule has 1 N–H and O–H groups in total. The van der Waals surface area contributed by atoms with Crippen molar-refractivity contribution in [2.75, 3.05) is 19.5 Å². The zero-order chi connectivity index (χ0) is 21.5. The lowest BCUT2D eigenvalue weighted by atomic mass is 9.72. The number of nitrogens with one attached hydrogen (secondary N) is 1. The first-order chi connectivity index (χ1) is 15.1. The van der Waals surface area contributed by atoms with Gasteiger partial charge in [-0.2, -0.15) is 0 Å². The quantitative estimate of drug-likeness (QED) is 0.675. The molecule has 1 aliphatic carbocycles. The number of fused-ring (bicyclic) bond motifs is 1. The minimum atomic E-state index is -0.231. The monoisotopic (exact) mass is 417 g/mol. The van der Waals surface area contributed by atoms with Crippen molar-refractivity contribution in [2.24, 2.45) is 0 Å². The lowest BCUT2D eigenvalue weighted by molar-refractivity contribution is -0.116. The Morgan fingerprint density at radius 3 is 2.68 bits per heavy atom. The molecule has 0 radical (unpaired) electrons. The van der Waals surface area contributed by atoms with Gasteiger partial charge in [0, 0.05) is 36.0 Å². The summed E-state index contributed by atoms with van der Waals surface area (Å²) >= 11 is 0.